The summed E-state index contributed by atoms with van der Waals surface area (Å²) >= 11 is 0. The zero-order valence-electron chi connectivity index (χ0n) is 14.9. The number of nitrogens with zero attached hydrogens (tertiary/aromatic N) is 1. The number of aliphatic carboxylic acids is 1. The summed E-state index contributed by atoms with van der Waals surface area (Å²) in [5, 5.41) is 12.8. The van der Waals surface area contributed by atoms with Crippen molar-refractivity contribution in [2.75, 3.05) is 0 Å². The predicted molar refractivity (Wildman–Crippen MR) is 102 cm³/mol. The quantitative estimate of drug-likeness (QED) is 0.630. The van der Waals surface area contributed by atoms with Crippen LogP contribution in [-0.4, -0.2) is 27.3 Å². The summed E-state index contributed by atoms with van der Waals surface area (Å²) in [4.78, 5) is 35.7. The fourth-order valence-electron chi connectivity index (χ4n) is 3.10. The summed E-state index contributed by atoms with van der Waals surface area (Å²) in [5.74, 6) is -1.52. The van der Waals surface area contributed by atoms with E-state index in [1.807, 2.05) is 28.8 Å². The van der Waals surface area contributed by atoms with Gasteiger partial charge in [0.15, 0.2) is 11.8 Å². The van der Waals surface area contributed by atoms with Crippen LogP contribution >= 0.6 is 0 Å². The summed E-state index contributed by atoms with van der Waals surface area (Å²) < 4.78 is 1.85. The number of fused-ring (bicyclic) bond motifs is 1. The number of para-hydroxylation sites is 1. The van der Waals surface area contributed by atoms with E-state index < -0.39 is 12.0 Å². The molecule has 0 radical (unpaired) electrons. The van der Waals surface area contributed by atoms with Crippen molar-refractivity contribution in [3.63, 3.8) is 0 Å². The van der Waals surface area contributed by atoms with Crippen LogP contribution in [0.5, 0.6) is 0 Å². The normalized spacial score (nSPS) is 11.9. The molecule has 27 heavy (non-hydrogen) atoms. The summed E-state index contributed by atoms with van der Waals surface area (Å²) in [6, 6.07) is 15.0. The summed E-state index contributed by atoms with van der Waals surface area (Å²) in [7, 11) is 0. The molecular weight excluding hydrogens is 344 g/mol. The molecule has 1 aromatic heterocycles. The number of carbonyl (C=O) groups excluding carboxylic acids is 2. The fraction of sp³-hybridized carbons (Fsp3) is 0.190. The van der Waals surface area contributed by atoms with Crippen molar-refractivity contribution >= 4 is 28.6 Å². The molecule has 0 aliphatic heterocycles. The first-order chi connectivity index (χ1) is 13.0. The van der Waals surface area contributed by atoms with Crippen molar-refractivity contribution in [1.82, 2.24) is 9.88 Å². The first-order valence-corrected chi connectivity index (χ1v) is 8.63. The smallest absolute Gasteiger partial charge is 0.330 e. The number of carboxylic acids is 1. The van der Waals surface area contributed by atoms with Gasteiger partial charge in [0, 0.05) is 35.6 Å². The molecule has 0 saturated carbocycles. The van der Waals surface area contributed by atoms with E-state index in [9.17, 15) is 19.5 Å². The van der Waals surface area contributed by atoms with E-state index in [0.717, 1.165) is 10.9 Å². The average molecular weight is 364 g/mol. The topological polar surface area (TPSA) is 88.4 Å². The Morgan fingerprint density at radius 1 is 1.04 bits per heavy atom. The second-order valence-corrected chi connectivity index (χ2v) is 6.31. The largest absolute Gasteiger partial charge is 0.479 e. The minimum Gasteiger partial charge on any atom is -0.479 e. The Hall–Kier alpha value is -3.41. The van der Waals surface area contributed by atoms with E-state index in [0.29, 0.717) is 17.7 Å². The molecule has 0 aliphatic carbocycles. The molecule has 0 fully saturated rings. The number of nitrogens with one attached hydrogen (secondary N) is 1. The van der Waals surface area contributed by atoms with E-state index in [2.05, 4.69) is 5.32 Å². The molecule has 6 heteroatoms. The average Bonchev–Trinajstić information content (AvgIpc) is 3.04. The number of aryl methyl sites for hydroxylation is 1. The molecule has 2 aromatic carbocycles. The second-order valence-electron chi connectivity index (χ2n) is 6.31. The van der Waals surface area contributed by atoms with Crippen LogP contribution in [0.3, 0.4) is 0 Å². The number of carboxylic acid groups (broad SMARTS) is 1. The monoisotopic (exact) mass is 364 g/mol. The Kier molecular flexibility index (Phi) is 5.35. The Morgan fingerprint density at radius 2 is 1.70 bits per heavy atom. The maximum absolute atomic E-state index is 12.3. The molecule has 2 N–H and O–H groups in total. The number of benzene rings is 2. The lowest BCUT2D eigenvalue weighted by molar-refractivity contribution is -0.142. The SMILES string of the molecule is CC(=O)c1cn(CCC(=O)NC(C(=O)O)c2ccccc2)c2ccccc12. The highest BCUT2D eigenvalue weighted by atomic mass is 16.4. The van der Waals surface area contributed by atoms with Gasteiger partial charge in [-0.05, 0) is 18.6 Å². The lowest BCUT2D eigenvalue weighted by Crippen LogP contribution is -2.34. The van der Waals surface area contributed by atoms with Gasteiger partial charge in [-0.25, -0.2) is 4.79 Å². The minimum absolute atomic E-state index is 0.0376. The summed E-state index contributed by atoms with van der Waals surface area (Å²) in [5.41, 5.74) is 2.00. The zero-order chi connectivity index (χ0) is 19.4. The van der Waals surface area contributed by atoms with Gasteiger partial charge in [0.25, 0.3) is 0 Å². The highest BCUT2D eigenvalue weighted by Gasteiger charge is 2.21. The molecule has 1 heterocycles. The summed E-state index contributed by atoms with van der Waals surface area (Å²) in [6.07, 6.45) is 1.85. The molecule has 0 aliphatic rings. The maximum Gasteiger partial charge on any atom is 0.330 e. The Morgan fingerprint density at radius 3 is 2.37 bits per heavy atom. The van der Waals surface area contributed by atoms with Gasteiger partial charge in [0.2, 0.25) is 5.91 Å². The van der Waals surface area contributed by atoms with Crippen LogP contribution in [0, 0.1) is 0 Å². The van der Waals surface area contributed by atoms with Crippen LogP contribution in [0.15, 0.2) is 60.8 Å². The number of carbonyl (C=O) groups is 3. The van der Waals surface area contributed by atoms with Crippen LogP contribution in [0.2, 0.25) is 0 Å². The Balaban J connectivity index is 1.73. The third-order valence-electron chi connectivity index (χ3n) is 4.43. The predicted octanol–water partition coefficient (Wildman–Crippen LogP) is 3.18. The van der Waals surface area contributed by atoms with Gasteiger partial charge < -0.3 is 15.0 Å². The molecule has 0 saturated heterocycles. The molecular formula is C21H20N2O4. The molecule has 138 valence electrons. The van der Waals surface area contributed by atoms with Crippen molar-refractivity contribution in [3.8, 4) is 0 Å². The number of ketones is 1. The lowest BCUT2D eigenvalue weighted by Gasteiger charge is -2.15. The maximum atomic E-state index is 12.3. The van der Waals surface area contributed by atoms with Crippen molar-refractivity contribution < 1.29 is 19.5 Å². The number of aromatic nitrogens is 1. The number of amides is 1. The number of hydrogen-bond donors (Lipinski definition) is 2. The molecule has 0 spiro atoms. The van der Waals surface area contributed by atoms with Crippen molar-refractivity contribution in [3.05, 3.63) is 71.9 Å². The molecule has 0 bridgehead atoms. The van der Waals surface area contributed by atoms with E-state index in [4.69, 9.17) is 0 Å². The van der Waals surface area contributed by atoms with Gasteiger partial charge in [-0.2, -0.15) is 0 Å². The van der Waals surface area contributed by atoms with E-state index >= 15 is 0 Å². The first kappa shape index (κ1) is 18.4. The molecule has 6 nitrogen and oxygen atoms in total. The number of Topliss-reactive ketones (excluding diaryl/α,β-unsaturated/α-hetero) is 1. The van der Waals surface area contributed by atoms with Crippen molar-refractivity contribution in [2.24, 2.45) is 0 Å². The van der Waals surface area contributed by atoms with Crippen molar-refractivity contribution in [2.45, 2.75) is 25.9 Å². The Labute approximate surface area is 156 Å². The van der Waals surface area contributed by atoms with Crippen LogP contribution in [-0.2, 0) is 16.1 Å². The van der Waals surface area contributed by atoms with Crippen LogP contribution < -0.4 is 5.32 Å². The van der Waals surface area contributed by atoms with Crippen LogP contribution in [0.1, 0.15) is 35.3 Å². The van der Waals surface area contributed by atoms with Gasteiger partial charge in [0.1, 0.15) is 0 Å². The second kappa shape index (κ2) is 7.86. The third-order valence-corrected chi connectivity index (χ3v) is 4.43. The van der Waals surface area contributed by atoms with E-state index in [1.165, 1.54) is 6.92 Å². The standard InChI is InChI=1S/C21H20N2O4/c1-14(24)17-13-23(18-10-6-5-9-16(17)18)12-11-19(25)22-20(21(26)27)15-7-3-2-4-8-15/h2-10,13,20H,11-12H2,1H3,(H,22,25)(H,26,27). The molecule has 1 unspecified atom stereocenters. The first-order valence-electron chi connectivity index (χ1n) is 8.63. The van der Waals surface area contributed by atoms with Crippen LogP contribution in [0.25, 0.3) is 10.9 Å². The number of hydrogen-bond acceptors (Lipinski definition) is 3. The number of rotatable bonds is 7. The van der Waals surface area contributed by atoms with Crippen molar-refractivity contribution in [1.29, 1.82) is 0 Å². The van der Waals surface area contributed by atoms with Gasteiger partial charge in [-0.3, -0.25) is 9.59 Å². The van der Waals surface area contributed by atoms with Gasteiger partial charge in [0.05, 0.1) is 0 Å². The van der Waals surface area contributed by atoms with Gasteiger partial charge in [-0.15, -0.1) is 0 Å². The zero-order valence-corrected chi connectivity index (χ0v) is 14.9. The molecule has 3 rings (SSSR count). The van der Waals surface area contributed by atoms with Gasteiger partial charge >= 0.3 is 5.97 Å². The van der Waals surface area contributed by atoms with E-state index in [1.54, 1.807) is 36.5 Å². The van der Waals surface area contributed by atoms with Crippen LogP contribution in [0.4, 0.5) is 0 Å². The lowest BCUT2D eigenvalue weighted by atomic mass is 10.1. The minimum atomic E-state index is -1.11. The summed E-state index contributed by atoms with van der Waals surface area (Å²) in [6.45, 7) is 1.86. The molecule has 1 atom stereocenters. The molecule has 3 aromatic rings. The highest BCUT2D eigenvalue weighted by Crippen LogP contribution is 2.22. The highest BCUT2D eigenvalue weighted by molar-refractivity contribution is 6.07. The van der Waals surface area contributed by atoms with E-state index in [-0.39, 0.29) is 18.1 Å². The van der Waals surface area contributed by atoms with Gasteiger partial charge in [-0.1, -0.05) is 48.5 Å². The fourth-order valence-corrected chi connectivity index (χ4v) is 3.10. The molecule has 1 amide bonds. The third kappa shape index (κ3) is 4.06. The Bertz CT molecular complexity index is 992.